The molecule has 0 unspecified atom stereocenters. The second-order valence-corrected chi connectivity index (χ2v) is 4.38. The summed E-state index contributed by atoms with van der Waals surface area (Å²) in [6, 6.07) is 11.7. The molecular formula is C13H14N2OS. The summed E-state index contributed by atoms with van der Waals surface area (Å²) < 4.78 is 5.75. The van der Waals surface area contributed by atoms with Crippen molar-refractivity contribution in [1.82, 2.24) is 4.98 Å². The fraction of sp³-hybridized carbons (Fsp3) is 0.154. The van der Waals surface area contributed by atoms with Crippen molar-refractivity contribution < 1.29 is 4.74 Å². The number of ether oxygens (including phenoxy) is 1. The summed E-state index contributed by atoms with van der Waals surface area (Å²) in [6.07, 6.45) is 3.77. The number of nitrogen functional groups attached to an aromatic ring is 1. The van der Waals surface area contributed by atoms with Crippen molar-refractivity contribution in [2.45, 2.75) is 11.5 Å². The summed E-state index contributed by atoms with van der Waals surface area (Å²) in [5.41, 5.74) is 6.53. The molecule has 0 amide bonds. The number of nitrogens with zero attached hydrogens (tertiary/aromatic N) is 1. The fourth-order valence-electron chi connectivity index (χ4n) is 1.42. The highest BCUT2D eigenvalue weighted by Gasteiger charge is 2.01. The Kier molecular flexibility index (Phi) is 3.88. The van der Waals surface area contributed by atoms with Gasteiger partial charge in [0.15, 0.2) is 0 Å². The standard InChI is InChI=1S/C13H14N2OS/c1-17-12-5-3-2-4-11(12)16-9-10-6-7-13(14)15-8-10/h2-8H,9H2,1H3,(H2,14,15). The molecule has 3 nitrogen and oxygen atoms in total. The van der Waals surface area contributed by atoms with Gasteiger partial charge in [0.25, 0.3) is 0 Å². The molecule has 1 aromatic heterocycles. The topological polar surface area (TPSA) is 48.1 Å². The quantitative estimate of drug-likeness (QED) is 0.843. The zero-order valence-electron chi connectivity index (χ0n) is 9.59. The Morgan fingerprint density at radius 1 is 1.24 bits per heavy atom. The van der Waals surface area contributed by atoms with Crippen LogP contribution in [0.4, 0.5) is 5.82 Å². The number of hydrogen-bond donors (Lipinski definition) is 1. The van der Waals surface area contributed by atoms with E-state index in [1.807, 2.05) is 36.6 Å². The second kappa shape index (κ2) is 5.59. The van der Waals surface area contributed by atoms with E-state index in [0.29, 0.717) is 12.4 Å². The van der Waals surface area contributed by atoms with E-state index in [-0.39, 0.29) is 0 Å². The van der Waals surface area contributed by atoms with Gasteiger partial charge in [0.1, 0.15) is 18.2 Å². The fourth-order valence-corrected chi connectivity index (χ4v) is 1.96. The molecule has 4 heteroatoms. The first kappa shape index (κ1) is 11.8. The van der Waals surface area contributed by atoms with Crippen LogP contribution in [0.25, 0.3) is 0 Å². The van der Waals surface area contributed by atoms with Gasteiger partial charge in [-0.15, -0.1) is 11.8 Å². The van der Waals surface area contributed by atoms with Gasteiger partial charge in [0.05, 0.1) is 0 Å². The van der Waals surface area contributed by atoms with Gasteiger partial charge in [-0.05, 0) is 24.5 Å². The average Bonchev–Trinajstić information content (AvgIpc) is 2.38. The Labute approximate surface area is 105 Å². The van der Waals surface area contributed by atoms with Gasteiger partial charge in [-0.1, -0.05) is 18.2 Å². The molecule has 17 heavy (non-hydrogen) atoms. The molecule has 88 valence electrons. The van der Waals surface area contributed by atoms with Crippen LogP contribution < -0.4 is 10.5 Å². The van der Waals surface area contributed by atoms with E-state index < -0.39 is 0 Å². The maximum Gasteiger partial charge on any atom is 0.133 e. The van der Waals surface area contributed by atoms with Crippen LogP contribution in [-0.2, 0) is 6.61 Å². The van der Waals surface area contributed by atoms with Crippen molar-refractivity contribution in [3.05, 3.63) is 48.2 Å². The summed E-state index contributed by atoms with van der Waals surface area (Å²) >= 11 is 1.67. The van der Waals surface area contributed by atoms with Crippen LogP contribution in [0.1, 0.15) is 5.56 Å². The van der Waals surface area contributed by atoms with E-state index >= 15 is 0 Å². The van der Waals surface area contributed by atoms with Crippen LogP contribution in [0.5, 0.6) is 5.75 Å². The molecule has 0 bridgehead atoms. The van der Waals surface area contributed by atoms with E-state index in [9.17, 15) is 0 Å². The predicted molar refractivity (Wildman–Crippen MR) is 71.2 cm³/mol. The lowest BCUT2D eigenvalue weighted by Crippen LogP contribution is -1.98. The predicted octanol–water partition coefficient (Wildman–Crippen LogP) is 2.96. The third kappa shape index (κ3) is 3.14. The SMILES string of the molecule is CSc1ccccc1OCc1ccc(N)nc1. The molecule has 2 N–H and O–H groups in total. The highest BCUT2D eigenvalue weighted by atomic mass is 32.2. The lowest BCUT2D eigenvalue weighted by atomic mass is 10.3. The van der Waals surface area contributed by atoms with Crippen LogP contribution in [-0.4, -0.2) is 11.2 Å². The number of nitrogens with two attached hydrogens (primary N) is 1. The van der Waals surface area contributed by atoms with Gasteiger partial charge >= 0.3 is 0 Å². The summed E-state index contributed by atoms with van der Waals surface area (Å²) in [7, 11) is 0. The van der Waals surface area contributed by atoms with Crippen LogP contribution in [0.3, 0.4) is 0 Å². The minimum Gasteiger partial charge on any atom is -0.488 e. The van der Waals surface area contributed by atoms with Crippen LogP contribution >= 0.6 is 11.8 Å². The lowest BCUT2D eigenvalue weighted by Gasteiger charge is -2.09. The van der Waals surface area contributed by atoms with Gasteiger partial charge in [-0.3, -0.25) is 0 Å². The molecule has 0 atom stereocenters. The maximum absolute atomic E-state index is 5.75. The molecule has 0 aliphatic carbocycles. The average molecular weight is 246 g/mol. The largest absolute Gasteiger partial charge is 0.488 e. The molecule has 0 saturated heterocycles. The van der Waals surface area contributed by atoms with Crippen molar-refractivity contribution in [1.29, 1.82) is 0 Å². The third-order valence-corrected chi connectivity index (χ3v) is 3.09. The first-order valence-corrected chi connectivity index (χ1v) is 6.48. The Hall–Kier alpha value is -1.68. The third-order valence-electron chi connectivity index (χ3n) is 2.31. The zero-order valence-corrected chi connectivity index (χ0v) is 10.4. The molecule has 2 rings (SSSR count). The molecule has 0 aliphatic heterocycles. The van der Waals surface area contributed by atoms with Gasteiger partial charge in [-0.2, -0.15) is 0 Å². The molecule has 0 spiro atoms. The smallest absolute Gasteiger partial charge is 0.133 e. The van der Waals surface area contributed by atoms with Crippen molar-refractivity contribution >= 4 is 17.6 Å². The lowest BCUT2D eigenvalue weighted by molar-refractivity contribution is 0.298. The van der Waals surface area contributed by atoms with E-state index in [1.54, 1.807) is 24.0 Å². The van der Waals surface area contributed by atoms with Gasteiger partial charge in [0, 0.05) is 16.7 Å². The normalized spacial score (nSPS) is 10.2. The number of pyridine rings is 1. The number of hydrogen-bond acceptors (Lipinski definition) is 4. The Balaban J connectivity index is 2.04. The molecule has 0 fully saturated rings. The van der Waals surface area contributed by atoms with Gasteiger partial charge in [-0.25, -0.2) is 4.98 Å². The molecule has 0 radical (unpaired) electrons. The molecule has 1 aromatic carbocycles. The highest BCUT2D eigenvalue weighted by Crippen LogP contribution is 2.27. The Morgan fingerprint density at radius 2 is 2.06 bits per heavy atom. The van der Waals surface area contributed by atoms with Crippen molar-refractivity contribution in [2.75, 3.05) is 12.0 Å². The van der Waals surface area contributed by atoms with Crippen molar-refractivity contribution in [3.8, 4) is 5.75 Å². The molecule has 2 aromatic rings. The summed E-state index contributed by atoms with van der Waals surface area (Å²) in [6.45, 7) is 0.505. The van der Waals surface area contributed by atoms with E-state index in [2.05, 4.69) is 4.98 Å². The number of anilines is 1. The van der Waals surface area contributed by atoms with E-state index in [1.165, 1.54) is 0 Å². The first-order chi connectivity index (χ1) is 8.29. The van der Waals surface area contributed by atoms with Crippen molar-refractivity contribution in [2.24, 2.45) is 0 Å². The first-order valence-electron chi connectivity index (χ1n) is 5.26. The molecule has 0 aliphatic rings. The van der Waals surface area contributed by atoms with Crippen molar-refractivity contribution in [3.63, 3.8) is 0 Å². The highest BCUT2D eigenvalue weighted by molar-refractivity contribution is 7.98. The minimum atomic E-state index is 0.505. The van der Waals surface area contributed by atoms with Gasteiger partial charge < -0.3 is 10.5 Å². The number of para-hydroxylation sites is 1. The summed E-state index contributed by atoms with van der Waals surface area (Å²) in [5.74, 6) is 1.43. The molecule has 1 heterocycles. The maximum atomic E-state index is 5.75. The molecular weight excluding hydrogens is 232 g/mol. The van der Waals surface area contributed by atoms with E-state index in [4.69, 9.17) is 10.5 Å². The van der Waals surface area contributed by atoms with Crippen LogP contribution in [0, 0.1) is 0 Å². The van der Waals surface area contributed by atoms with Gasteiger partial charge in [0.2, 0.25) is 0 Å². The number of rotatable bonds is 4. The number of thioether (sulfide) groups is 1. The summed E-state index contributed by atoms with van der Waals surface area (Å²) in [4.78, 5) is 5.16. The Bertz CT molecular complexity index is 485. The second-order valence-electron chi connectivity index (χ2n) is 3.53. The summed E-state index contributed by atoms with van der Waals surface area (Å²) in [5, 5.41) is 0. The Morgan fingerprint density at radius 3 is 2.76 bits per heavy atom. The minimum absolute atomic E-state index is 0.505. The number of aromatic nitrogens is 1. The monoisotopic (exact) mass is 246 g/mol. The molecule has 0 saturated carbocycles. The number of benzene rings is 1. The zero-order chi connectivity index (χ0) is 12.1. The van der Waals surface area contributed by atoms with E-state index in [0.717, 1.165) is 16.2 Å². The van der Waals surface area contributed by atoms with Crippen LogP contribution in [0.15, 0.2) is 47.5 Å². The van der Waals surface area contributed by atoms with Crippen LogP contribution in [0.2, 0.25) is 0 Å².